The van der Waals surface area contributed by atoms with Crippen LogP contribution < -0.4 is 5.32 Å². The van der Waals surface area contributed by atoms with Gasteiger partial charge in [0.2, 0.25) is 0 Å². The summed E-state index contributed by atoms with van der Waals surface area (Å²) in [7, 11) is 0. The molecule has 0 radical (unpaired) electrons. The Balaban J connectivity index is 2.46. The van der Waals surface area contributed by atoms with E-state index in [1.165, 1.54) is 12.8 Å². The van der Waals surface area contributed by atoms with E-state index < -0.39 is 0 Å². The average Bonchev–Trinajstić information content (AvgIpc) is 3.08. The Morgan fingerprint density at radius 3 is 2.38 bits per heavy atom. The van der Waals surface area contributed by atoms with E-state index in [0.717, 1.165) is 25.3 Å². The van der Waals surface area contributed by atoms with Gasteiger partial charge >= 0.3 is 5.97 Å². The zero-order valence-electron chi connectivity index (χ0n) is 10.8. The van der Waals surface area contributed by atoms with Crippen LogP contribution in [0.15, 0.2) is 0 Å². The van der Waals surface area contributed by atoms with Crippen LogP contribution in [-0.4, -0.2) is 25.2 Å². The molecule has 0 spiro atoms. The molecule has 0 bridgehead atoms. The molecule has 0 heterocycles. The van der Waals surface area contributed by atoms with Crippen LogP contribution in [0.3, 0.4) is 0 Å². The third-order valence-electron chi connectivity index (χ3n) is 3.38. The van der Waals surface area contributed by atoms with E-state index in [4.69, 9.17) is 4.74 Å². The van der Waals surface area contributed by atoms with Gasteiger partial charge < -0.3 is 10.1 Å². The van der Waals surface area contributed by atoms with Crippen molar-refractivity contribution in [2.45, 2.75) is 52.5 Å². The number of nitrogens with one attached hydrogen (secondary N) is 1. The van der Waals surface area contributed by atoms with E-state index in [2.05, 4.69) is 19.2 Å². The maximum atomic E-state index is 11.9. The molecule has 1 saturated carbocycles. The molecule has 0 aromatic carbocycles. The van der Waals surface area contributed by atoms with Gasteiger partial charge in [0, 0.05) is 0 Å². The van der Waals surface area contributed by atoms with Gasteiger partial charge in [-0.05, 0) is 38.1 Å². The van der Waals surface area contributed by atoms with Crippen LogP contribution in [0.25, 0.3) is 0 Å². The maximum absolute atomic E-state index is 11.9. The summed E-state index contributed by atoms with van der Waals surface area (Å²) < 4.78 is 5.14. The molecule has 1 aliphatic carbocycles. The second-order valence-electron chi connectivity index (χ2n) is 4.66. The summed E-state index contributed by atoms with van der Waals surface area (Å²) in [5.41, 5.74) is 0. The maximum Gasteiger partial charge on any atom is 0.323 e. The second kappa shape index (κ2) is 6.89. The number of hydrogen-bond donors (Lipinski definition) is 1. The molecule has 0 aliphatic heterocycles. The molecular formula is C13H25NO2. The summed E-state index contributed by atoms with van der Waals surface area (Å²) in [6.07, 6.45) is 4.67. The zero-order chi connectivity index (χ0) is 12.0. The fourth-order valence-electron chi connectivity index (χ4n) is 2.05. The van der Waals surface area contributed by atoms with E-state index >= 15 is 0 Å². The number of esters is 1. The van der Waals surface area contributed by atoms with Crippen molar-refractivity contribution in [2.24, 2.45) is 11.8 Å². The number of carbonyl (C=O) groups excluding carboxylic acids is 1. The molecule has 1 unspecified atom stereocenters. The molecule has 1 N–H and O–H groups in total. The lowest BCUT2D eigenvalue weighted by atomic mass is 9.94. The van der Waals surface area contributed by atoms with Gasteiger partial charge in [0.1, 0.15) is 6.04 Å². The van der Waals surface area contributed by atoms with Crippen LogP contribution in [0.2, 0.25) is 0 Å². The molecule has 0 aromatic rings. The number of carbonyl (C=O) groups is 1. The Morgan fingerprint density at radius 2 is 1.94 bits per heavy atom. The highest BCUT2D eigenvalue weighted by Crippen LogP contribution is 2.28. The van der Waals surface area contributed by atoms with Gasteiger partial charge in [0.15, 0.2) is 0 Å². The van der Waals surface area contributed by atoms with Gasteiger partial charge in [-0.15, -0.1) is 0 Å². The first kappa shape index (κ1) is 13.5. The van der Waals surface area contributed by atoms with Gasteiger partial charge in [-0.3, -0.25) is 4.79 Å². The highest BCUT2D eigenvalue weighted by atomic mass is 16.5. The van der Waals surface area contributed by atoms with Crippen molar-refractivity contribution in [3.63, 3.8) is 0 Å². The van der Waals surface area contributed by atoms with E-state index in [1.807, 2.05) is 6.92 Å². The Kier molecular flexibility index (Phi) is 5.81. The summed E-state index contributed by atoms with van der Waals surface area (Å²) in [6, 6.07) is -0.101. The normalized spacial score (nSPS) is 17.5. The molecule has 1 atom stereocenters. The van der Waals surface area contributed by atoms with Gasteiger partial charge in [-0.2, -0.15) is 0 Å². The van der Waals surface area contributed by atoms with E-state index in [0.29, 0.717) is 12.5 Å². The first-order valence-electron chi connectivity index (χ1n) is 6.62. The van der Waals surface area contributed by atoms with Crippen LogP contribution >= 0.6 is 0 Å². The number of hydrogen-bond acceptors (Lipinski definition) is 3. The summed E-state index contributed by atoms with van der Waals surface area (Å²) in [4.78, 5) is 11.9. The van der Waals surface area contributed by atoms with E-state index in [-0.39, 0.29) is 12.0 Å². The summed E-state index contributed by atoms with van der Waals surface area (Å²) >= 11 is 0. The van der Waals surface area contributed by atoms with Crippen molar-refractivity contribution in [3.8, 4) is 0 Å². The SMILES string of the molecule is CCOC(=O)C(NCC1CC1)C(CC)CC. The average molecular weight is 227 g/mol. The fraction of sp³-hybridized carbons (Fsp3) is 0.923. The Morgan fingerprint density at radius 1 is 1.31 bits per heavy atom. The van der Waals surface area contributed by atoms with Crippen molar-refractivity contribution < 1.29 is 9.53 Å². The molecule has 1 aliphatic rings. The molecule has 3 nitrogen and oxygen atoms in total. The van der Waals surface area contributed by atoms with Gasteiger partial charge in [0.05, 0.1) is 6.61 Å². The molecule has 1 fully saturated rings. The van der Waals surface area contributed by atoms with Crippen LogP contribution in [-0.2, 0) is 9.53 Å². The molecule has 1 rings (SSSR count). The van der Waals surface area contributed by atoms with Crippen molar-refractivity contribution in [3.05, 3.63) is 0 Å². The quantitative estimate of drug-likeness (QED) is 0.647. The Labute approximate surface area is 98.9 Å². The van der Waals surface area contributed by atoms with Gasteiger partial charge in [-0.1, -0.05) is 26.7 Å². The lowest BCUT2D eigenvalue weighted by molar-refractivity contribution is -0.147. The molecule has 0 amide bonds. The van der Waals surface area contributed by atoms with Crippen LogP contribution in [0.5, 0.6) is 0 Å². The van der Waals surface area contributed by atoms with Crippen molar-refractivity contribution in [1.82, 2.24) is 5.32 Å². The number of ether oxygens (including phenoxy) is 1. The third kappa shape index (κ3) is 4.12. The predicted octanol–water partition coefficient (Wildman–Crippen LogP) is 2.35. The van der Waals surface area contributed by atoms with Crippen molar-refractivity contribution >= 4 is 5.97 Å². The largest absolute Gasteiger partial charge is 0.465 e. The smallest absolute Gasteiger partial charge is 0.323 e. The lowest BCUT2D eigenvalue weighted by Crippen LogP contribution is -2.44. The highest BCUT2D eigenvalue weighted by molar-refractivity contribution is 5.76. The van der Waals surface area contributed by atoms with Crippen LogP contribution in [0, 0.1) is 11.8 Å². The molecule has 0 aromatic heterocycles. The minimum Gasteiger partial charge on any atom is -0.465 e. The second-order valence-corrected chi connectivity index (χ2v) is 4.66. The predicted molar refractivity (Wildman–Crippen MR) is 65.2 cm³/mol. The topological polar surface area (TPSA) is 38.3 Å². The zero-order valence-corrected chi connectivity index (χ0v) is 10.8. The summed E-state index contributed by atoms with van der Waals surface area (Å²) in [5.74, 6) is 1.13. The van der Waals surface area contributed by atoms with E-state index in [9.17, 15) is 4.79 Å². The van der Waals surface area contributed by atoms with Crippen molar-refractivity contribution in [1.29, 1.82) is 0 Å². The molecule has 3 heteroatoms. The Bertz CT molecular complexity index is 210. The molecular weight excluding hydrogens is 202 g/mol. The first-order chi connectivity index (χ1) is 7.72. The van der Waals surface area contributed by atoms with Crippen LogP contribution in [0.4, 0.5) is 0 Å². The van der Waals surface area contributed by atoms with Crippen LogP contribution in [0.1, 0.15) is 46.5 Å². The lowest BCUT2D eigenvalue weighted by Gasteiger charge is -2.24. The number of rotatable bonds is 8. The monoisotopic (exact) mass is 227 g/mol. The molecule has 94 valence electrons. The van der Waals surface area contributed by atoms with Crippen molar-refractivity contribution in [2.75, 3.05) is 13.2 Å². The van der Waals surface area contributed by atoms with E-state index in [1.54, 1.807) is 0 Å². The minimum atomic E-state index is -0.101. The summed E-state index contributed by atoms with van der Waals surface area (Å²) in [6.45, 7) is 7.59. The Hall–Kier alpha value is -0.570. The first-order valence-corrected chi connectivity index (χ1v) is 6.62. The third-order valence-corrected chi connectivity index (χ3v) is 3.38. The van der Waals surface area contributed by atoms with Gasteiger partial charge in [0.25, 0.3) is 0 Å². The fourth-order valence-corrected chi connectivity index (χ4v) is 2.05. The molecule has 16 heavy (non-hydrogen) atoms. The highest BCUT2D eigenvalue weighted by Gasteiger charge is 2.29. The summed E-state index contributed by atoms with van der Waals surface area (Å²) in [5, 5.41) is 3.39. The standard InChI is InChI=1S/C13H25NO2/c1-4-11(5-2)12(13(15)16-6-3)14-9-10-7-8-10/h10-12,14H,4-9H2,1-3H3. The minimum absolute atomic E-state index is 0.0724. The van der Waals surface area contributed by atoms with Gasteiger partial charge in [-0.25, -0.2) is 0 Å². The molecule has 0 saturated heterocycles.